The van der Waals surface area contributed by atoms with Crippen molar-refractivity contribution < 1.29 is 4.79 Å². The number of aryl methyl sites for hydroxylation is 1. The summed E-state index contributed by atoms with van der Waals surface area (Å²) in [5.74, 6) is -0.101. The first-order valence-electron chi connectivity index (χ1n) is 7.43. The Bertz CT molecular complexity index is 805. The van der Waals surface area contributed by atoms with E-state index in [1.54, 1.807) is 28.9 Å². The third-order valence-electron chi connectivity index (χ3n) is 3.99. The summed E-state index contributed by atoms with van der Waals surface area (Å²) in [6.45, 7) is 1.98. The van der Waals surface area contributed by atoms with Crippen LogP contribution in [0, 0.1) is 0 Å². The molecule has 118 valence electrons. The van der Waals surface area contributed by atoms with Crippen LogP contribution in [0.1, 0.15) is 29.0 Å². The Morgan fingerprint density at radius 1 is 1.30 bits per heavy atom. The molecular weight excluding hydrogens is 290 g/mol. The fourth-order valence-corrected chi connectivity index (χ4v) is 2.43. The van der Waals surface area contributed by atoms with Gasteiger partial charge in [-0.3, -0.25) is 14.6 Å². The number of aromatic nitrogens is 4. The number of nitrogens with zero attached hydrogens (tertiary/aromatic N) is 4. The molecule has 0 saturated heterocycles. The van der Waals surface area contributed by atoms with Crippen molar-refractivity contribution >= 4 is 5.91 Å². The zero-order valence-corrected chi connectivity index (χ0v) is 13.4. The third-order valence-corrected chi connectivity index (χ3v) is 3.99. The van der Waals surface area contributed by atoms with E-state index < -0.39 is 0 Å². The van der Waals surface area contributed by atoms with Gasteiger partial charge in [-0.25, -0.2) is 0 Å². The molecule has 1 amide bonds. The average Bonchev–Trinajstić information content (AvgIpc) is 3.23. The molecule has 23 heavy (non-hydrogen) atoms. The molecule has 6 nitrogen and oxygen atoms in total. The molecule has 0 fully saturated rings. The lowest BCUT2D eigenvalue weighted by atomic mass is 10.1. The third kappa shape index (κ3) is 3.01. The second kappa shape index (κ2) is 6.08. The fraction of sp³-hybridized carbons (Fsp3) is 0.235. The number of carbonyl (C=O) groups excluding carboxylic acids is 1. The van der Waals surface area contributed by atoms with Crippen LogP contribution in [0.15, 0.2) is 48.8 Å². The van der Waals surface area contributed by atoms with E-state index in [9.17, 15) is 4.79 Å². The maximum atomic E-state index is 12.6. The van der Waals surface area contributed by atoms with E-state index in [0.29, 0.717) is 5.69 Å². The molecule has 1 atom stereocenters. The van der Waals surface area contributed by atoms with Crippen LogP contribution in [0.25, 0.3) is 11.3 Å². The fourth-order valence-electron chi connectivity index (χ4n) is 2.43. The Kier molecular flexibility index (Phi) is 3.97. The van der Waals surface area contributed by atoms with Gasteiger partial charge >= 0.3 is 0 Å². The molecule has 0 aliphatic rings. The Balaban J connectivity index is 1.79. The maximum Gasteiger partial charge on any atom is 0.272 e. The quantitative estimate of drug-likeness (QED) is 0.805. The van der Waals surface area contributed by atoms with E-state index in [1.165, 1.54) is 0 Å². The van der Waals surface area contributed by atoms with Crippen LogP contribution in [-0.2, 0) is 7.05 Å². The van der Waals surface area contributed by atoms with Crippen LogP contribution in [0.5, 0.6) is 0 Å². The first-order chi connectivity index (χ1) is 11.1. The van der Waals surface area contributed by atoms with Gasteiger partial charge in [0.15, 0.2) is 0 Å². The van der Waals surface area contributed by atoms with Gasteiger partial charge in [0, 0.05) is 31.4 Å². The molecule has 2 heterocycles. The van der Waals surface area contributed by atoms with E-state index in [0.717, 1.165) is 16.8 Å². The largest absolute Gasteiger partial charge is 0.334 e. The van der Waals surface area contributed by atoms with Gasteiger partial charge in [0.1, 0.15) is 5.69 Å². The Hall–Kier alpha value is -2.89. The highest BCUT2D eigenvalue weighted by Crippen LogP contribution is 2.22. The number of benzene rings is 1. The summed E-state index contributed by atoms with van der Waals surface area (Å²) in [5.41, 5.74) is 3.20. The van der Waals surface area contributed by atoms with Crippen molar-refractivity contribution in [3.8, 4) is 11.3 Å². The van der Waals surface area contributed by atoms with E-state index in [4.69, 9.17) is 0 Å². The van der Waals surface area contributed by atoms with Crippen molar-refractivity contribution in [3.63, 3.8) is 0 Å². The standard InChI is InChI=1S/C17H19N5O/c1-12(14-10-18-21(2)11-14)22(3)17(23)16-9-15(19-20-16)13-7-5-4-6-8-13/h4-12H,1-3H3,(H,19,20). The molecule has 6 heteroatoms. The summed E-state index contributed by atoms with van der Waals surface area (Å²) in [6, 6.07) is 11.5. The van der Waals surface area contributed by atoms with Gasteiger partial charge in [-0.15, -0.1) is 0 Å². The van der Waals surface area contributed by atoms with Crippen molar-refractivity contribution in [1.82, 2.24) is 24.9 Å². The molecule has 0 spiro atoms. The smallest absolute Gasteiger partial charge is 0.272 e. The van der Waals surface area contributed by atoms with Crippen LogP contribution in [0.2, 0.25) is 0 Å². The van der Waals surface area contributed by atoms with Crippen LogP contribution in [0.3, 0.4) is 0 Å². The normalized spacial score (nSPS) is 12.1. The second-order valence-electron chi connectivity index (χ2n) is 5.57. The summed E-state index contributed by atoms with van der Waals surface area (Å²) >= 11 is 0. The molecule has 3 aromatic rings. The topological polar surface area (TPSA) is 66.8 Å². The highest BCUT2D eigenvalue weighted by atomic mass is 16.2. The lowest BCUT2D eigenvalue weighted by Crippen LogP contribution is -2.29. The summed E-state index contributed by atoms with van der Waals surface area (Å²) in [7, 11) is 3.64. The van der Waals surface area contributed by atoms with Gasteiger partial charge in [0.25, 0.3) is 5.91 Å². The van der Waals surface area contributed by atoms with Gasteiger partial charge in [-0.2, -0.15) is 10.2 Å². The van der Waals surface area contributed by atoms with Gasteiger partial charge in [0.2, 0.25) is 0 Å². The number of nitrogens with one attached hydrogen (secondary N) is 1. The Morgan fingerprint density at radius 2 is 2.04 bits per heavy atom. The summed E-state index contributed by atoms with van der Waals surface area (Å²) in [6.07, 6.45) is 3.69. The van der Waals surface area contributed by atoms with Crippen LogP contribution < -0.4 is 0 Å². The zero-order chi connectivity index (χ0) is 16.4. The highest BCUT2D eigenvalue weighted by molar-refractivity contribution is 5.93. The number of rotatable bonds is 4. The van der Waals surface area contributed by atoms with E-state index in [2.05, 4.69) is 15.3 Å². The van der Waals surface area contributed by atoms with Gasteiger partial charge in [0.05, 0.1) is 17.9 Å². The predicted octanol–water partition coefficient (Wildman–Crippen LogP) is 2.64. The van der Waals surface area contributed by atoms with Crippen molar-refractivity contribution in [2.75, 3.05) is 7.05 Å². The second-order valence-corrected chi connectivity index (χ2v) is 5.57. The average molecular weight is 309 g/mol. The lowest BCUT2D eigenvalue weighted by Gasteiger charge is -2.23. The SMILES string of the molecule is CC(c1cnn(C)c1)N(C)C(=O)c1cc(-c2ccccc2)n[nH]1. The van der Waals surface area contributed by atoms with Crippen molar-refractivity contribution in [2.45, 2.75) is 13.0 Å². The van der Waals surface area contributed by atoms with Crippen LogP contribution in [-0.4, -0.2) is 37.8 Å². The summed E-state index contributed by atoms with van der Waals surface area (Å²) in [4.78, 5) is 14.3. The van der Waals surface area contributed by atoms with E-state index >= 15 is 0 Å². The Morgan fingerprint density at radius 3 is 2.70 bits per heavy atom. The van der Waals surface area contributed by atoms with E-state index in [1.807, 2.05) is 50.5 Å². The summed E-state index contributed by atoms with van der Waals surface area (Å²) in [5, 5.41) is 11.2. The van der Waals surface area contributed by atoms with Gasteiger partial charge in [-0.1, -0.05) is 30.3 Å². The van der Waals surface area contributed by atoms with Crippen molar-refractivity contribution in [3.05, 3.63) is 60.0 Å². The first-order valence-corrected chi connectivity index (χ1v) is 7.43. The minimum Gasteiger partial charge on any atom is -0.334 e. The highest BCUT2D eigenvalue weighted by Gasteiger charge is 2.21. The van der Waals surface area contributed by atoms with E-state index in [-0.39, 0.29) is 11.9 Å². The molecule has 3 rings (SSSR count). The number of H-pyrrole nitrogens is 1. The van der Waals surface area contributed by atoms with Crippen LogP contribution in [0.4, 0.5) is 0 Å². The first kappa shape index (κ1) is 15.0. The molecule has 1 unspecified atom stereocenters. The molecule has 0 aliphatic carbocycles. The molecule has 1 N–H and O–H groups in total. The van der Waals surface area contributed by atoms with Gasteiger partial charge in [-0.05, 0) is 13.0 Å². The Labute approximate surface area is 134 Å². The molecule has 0 saturated carbocycles. The number of amides is 1. The minimum atomic E-state index is -0.101. The number of carbonyl (C=O) groups is 1. The van der Waals surface area contributed by atoms with Gasteiger partial charge < -0.3 is 4.90 Å². The van der Waals surface area contributed by atoms with Crippen molar-refractivity contribution in [1.29, 1.82) is 0 Å². The number of hydrogen-bond donors (Lipinski definition) is 1. The lowest BCUT2D eigenvalue weighted by molar-refractivity contribution is 0.0736. The molecule has 0 radical (unpaired) electrons. The predicted molar refractivity (Wildman–Crippen MR) is 87.7 cm³/mol. The molecule has 1 aromatic carbocycles. The number of hydrogen-bond acceptors (Lipinski definition) is 3. The maximum absolute atomic E-state index is 12.6. The van der Waals surface area contributed by atoms with Crippen LogP contribution >= 0.6 is 0 Å². The minimum absolute atomic E-state index is 0.0697. The molecular formula is C17H19N5O. The number of aromatic amines is 1. The van der Waals surface area contributed by atoms with Crippen molar-refractivity contribution in [2.24, 2.45) is 7.05 Å². The molecule has 0 bridgehead atoms. The monoisotopic (exact) mass is 309 g/mol. The molecule has 0 aliphatic heterocycles. The summed E-state index contributed by atoms with van der Waals surface area (Å²) < 4.78 is 1.73. The zero-order valence-electron chi connectivity index (χ0n) is 13.4. The molecule has 2 aromatic heterocycles.